The van der Waals surface area contributed by atoms with Gasteiger partial charge in [-0.3, -0.25) is 0 Å². The number of hydrogen-bond acceptors (Lipinski definition) is 1. The van der Waals surface area contributed by atoms with Crippen LogP contribution in [0.25, 0.3) is 6.08 Å². The highest BCUT2D eigenvalue weighted by atomic mass is 15.1. The first-order valence-corrected chi connectivity index (χ1v) is 7.72. The van der Waals surface area contributed by atoms with E-state index in [2.05, 4.69) is 68.7 Å². The molecule has 0 spiro atoms. The molecule has 1 aliphatic rings. The third-order valence-electron chi connectivity index (χ3n) is 3.69. The smallest absolute Gasteiger partial charge is 0.0386 e. The zero-order valence-corrected chi connectivity index (χ0v) is 13.1. The first-order valence-electron chi connectivity index (χ1n) is 7.72. The summed E-state index contributed by atoms with van der Waals surface area (Å²) in [7, 11) is 0. The number of allylic oxidation sites excluding steroid dienone is 1. The Hall–Kier alpha value is -1.50. The molecule has 0 N–H and O–H groups in total. The van der Waals surface area contributed by atoms with E-state index in [9.17, 15) is 0 Å². The van der Waals surface area contributed by atoms with Crippen molar-refractivity contribution in [2.24, 2.45) is 11.8 Å². The highest BCUT2D eigenvalue weighted by Gasteiger charge is 2.28. The van der Waals surface area contributed by atoms with E-state index in [1.54, 1.807) is 0 Å². The SMILES string of the molecule is C=C(C1CC1)N(C/C(C)=C/c1ccccc1)CC(C)C. The summed E-state index contributed by atoms with van der Waals surface area (Å²) in [6, 6.07) is 10.6. The van der Waals surface area contributed by atoms with Gasteiger partial charge in [-0.2, -0.15) is 0 Å². The van der Waals surface area contributed by atoms with Crippen LogP contribution in [-0.4, -0.2) is 18.0 Å². The summed E-state index contributed by atoms with van der Waals surface area (Å²) in [5.74, 6) is 1.42. The third-order valence-corrected chi connectivity index (χ3v) is 3.69. The molecule has 0 heterocycles. The minimum absolute atomic E-state index is 0.676. The lowest BCUT2D eigenvalue weighted by Crippen LogP contribution is -2.29. The van der Waals surface area contributed by atoms with Crippen molar-refractivity contribution in [1.82, 2.24) is 4.90 Å². The average Bonchev–Trinajstić information content (AvgIpc) is 3.22. The Morgan fingerprint density at radius 1 is 1.30 bits per heavy atom. The quantitative estimate of drug-likeness (QED) is 0.675. The van der Waals surface area contributed by atoms with Gasteiger partial charge in [0.15, 0.2) is 0 Å². The molecule has 1 aromatic rings. The van der Waals surface area contributed by atoms with E-state index in [4.69, 9.17) is 0 Å². The molecular formula is C19H27N. The second-order valence-electron chi connectivity index (χ2n) is 6.44. The average molecular weight is 269 g/mol. The van der Waals surface area contributed by atoms with Crippen LogP contribution in [0.4, 0.5) is 0 Å². The Morgan fingerprint density at radius 3 is 2.50 bits per heavy atom. The first-order chi connectivity index (χ1) is 9.56. The van der Waals surface area contributed by atoms with Crippen molar-refractivity contribution in [3.63, 3.8) is 0 Å². The summed E-state index contributed by atoms with van der Waals surface area (Å²) in [5.41, 5.74) is 4.03. The van der Waals surface area contributed by atoms with Gasteiger partial charge < -0.3 is 4.90 Å². The molecule has 1 saturated carbocycles. The van der Waals surface area contributed by atoms with Crippen molar-refractivity contribution < 1.29 is 0 Å². The standard InChI is InChI=1S/C19H27N/c1-15(2)13-20(17(4)19-10-11-19)14-16(3)12-18-8-6-5-7-9-18/h5-9,12,15,19H,4,10-11,13-14H2,1-3H3/b16-12+. The molecule has 0 aromatic heterocycles. The Balaban J connectivity index is 2.02. The molecule has 0 amide bonds. The number of hydrogen-bond donors (Lipinski definition) is 0. The van der Waals surface area contributed by atoms with Crippen LogP contribution in [0.2, 0.25) is 0 Å². The van der Waals surface area contributed by atoms with Gasteiger partial charge in [-0.25, -0.2) is 0 Å². The molecular weight excluding hydrogens is 242 g/mol. The highest BCUT2D eigenvalue weighted by molar-refractivity contribution is 5.52. The van der Waals surface area contributed by atoms with Gasteiger partial charge in [0, 0.05) is 18.8 Å². The van der Waals surface area contributed by atoms with Crippen molar-refractivity contribution in [3.8, 4) is 0 Å². The van der Waals surface area contributed by atoms with Gasteiger partial charge in [0.25, 0.3) is 0 Å². The van der Waals surface area contributed by atoms with Crippen LogP contribution >= 0.6 is 0 Å². The number of nitrogens with zero attached hydrogens (tertiary/aromatic N) is 1. The second kappa shape index (κ2) is 6.78. The Kier molecular flexibility index (Phi) is 5.05. The predicted octanol–water partition coefficient (Wildman–Crippen LogP) is 4.97. The predicted molar refractivity (Wildman–Crippen MR) is 88.4 cm³/mol. The molecule has 0 bridgehead atoms. The summed E-state index contributed by atoms with van der Waals surface area (Å²) in [4.78, 5) is 2.48. The van der Waals surface area contributed by atoms with Gasteiger partial charge in [0.2, 0.25) is 0 Å². The molecule has 2 rings (SSSR count). The normalized spacial score (nSPS) is 15.5. The number of rotatable bonds is 7. The van der Waals surface area contributed by atoms with Gasteiger partial charge >= 0.3 is 0 Å². The van der Waals surface area contributed by atoms with Crippen LogP contribution in [0.1, 0.15) is 39.2 Å². The molecule has 1 aromatic carbocycles. The molecule has 0 radical (unpaired) electrons. The molecule has 0 aliphatic heterocycles. The van der Waals surface area contributed by atoms with Gasteiger partial charge in [-0.1, -0.05) is 62.4 Å². The van der Waals surface area contributed by atoms with E-state index in [-0.39, 0.29) is 0 Å². The Bertz CT molecular complexity index is 466. The van der Waals surface area contributed by atoms with Gasteiger partial charge in [0.1, 0.15) is 0 Å². The Labute approximate surface area is 124 Å². The van der Waals surface area contributed by atoms with Gasteiger partial charge in [-0.15, -0.1) is 0 Å². The topological polar surface area (TPSA) is 3.24 Å². The van der Waals surface area contributed by atoms with Gasteiger partial charge in [-0.05, 0) is 37.2 Å². The summed E-state index contributed by atoms with van der Waals surface area (Å²) in [5, 5.41) is 0. The maximum atomic E-state index is 4.33. The van der Waals surface area contributed by atoms with E-state index in [0.29, 0.717) is 5.92 Å². The van der Waals surface area contributed by atoms with E-state index in [1.165, 1.54) is 29.7 Å². The van der Waals surface area contributed by atoms with Crippen LogP contribution in [0, 0.1) is 11.8 Å². The fraction of sp³-hybridized carbons (Fsp3) is 0.474. The van der Waals surface area contributed by atoms with Crippen molar-refractivity contribution in [3.05, 3.63) is 53.7 Å². The van der Waals surface area contributed by atoms with Crippen molar-refractivity contribution in [2.75, 3.05) is 13.1 Å². The van der Waals surface area contributed by atoms with Crippen LogP contribution < -0.4 is 0 Å². The maximum Gasteiger partial charge on any atom is 0.0386 e. The minimum atomic E-state index is 0.676. The van der Waals surface area contributed by atoms with Crippen molar-refractivity contribution in [1.29, 1.82) is 0 Å². The molecule has 1 nitrogen and oxygen atoms in total. The fourth-order valence-corrected chi connectivity index (χ4v) is 2.58. The zero-order valence-electron chi connectivity index (χ0n) is 13.1. The largest absolute Gasteiger partial charge is 0.371 e. The van der Waals surface area contributed by atoms with Gasteiger partial charge in [0.05, 0.1) is 0 Å². The summed E-state index contributed by atoms with van der Waals surface area (Å²) in [6.07, 6.45) is 4.94. The summed E-state index contributed by atoms with van der Waals surface area (Å²) in [6.45, 7) is 13.2. The molecule has 0 unspecified atom stereocenters. The van der Waals surface area contributed by atoms with Crippen LogP contribution in [0.3, 0.4) is 0 Å². The van der Waals surface area contributed by atoms with E-state index in [0.717, 1.165) is 19.0 Å². The van der Waals surface area contributed by atoms with Crippen molar-refractivity contribution >= 4 is 6.08 Å². The molecule has 20 heavy (non-hydrogen) atoms. The fourth-order valence-electron chi connectivity index (χ4n) is 2.58. The minimum Gasteiger partial charge on any atom is -0.371 e. The maximum absolute atomic E-state index is 4.33. The lowest BCUT2D eigenvalue weighted by Gasteiger charge is -2.29. The lowest BCUT2D eigenvalue weighted by atomic mass is 10.1. The van der Waals surface area contributed by atoms with Crippen LogP contribution in [0.5, 0.6) is 0 Å². The molecule has 0 atom stereocenters. The highest BCUT2D eigenvalue weighted by Crippen LogP contribution is 2.37. The molecule has 1 aliphatic carbocycles. The molecule has 108 valence electrons. The molecule has 1 heteroatoms. The zero-order chi connectivity index (χ0) is 14.5. The van der Waals surface area contributed by atoms with E-state index < -0.39 is 0 Å². The molecule has 0 saturated heterocycles. The lowest BCUT2D eigenvalue weighted by molar-refractivity contribution is 0.313. The van der Waals surface area contributed by atoms with E-state index >= 15 is 0 Å². The second-order valence-corrected chi connectivity index (χ2v) is 6.44. The molecule has 1 fully saturated rings. The van der Waals surface area contributed by atoms with E-state index in [1.807, 2.05) is 0 Å². The summed E-state index contributed by atoms with van der Waals surface area (Å²) < 4.78 is 0. The van der Waals surface area contributed by atoms with Crippen molar-refractivity contribution in [2.45, 2.75) is 33.6 Å². The Morgan fingerprint density at radius 2 is 1.95 bits per heavy atom. The first kappa shape index (κ1) is 14.9. The summed E-state index contributed by atoms with van der Waals surface area (Å²) >= 11 is 0. The third kappa shape index (κ3) is 4.56. The van der Waals surface area contributed by atoms with Crippen LogP contribution in [0.15, 0.2) is 48.2 Å². The number of benzene rings is 1. The monoisotopic (exact) mass is 269 g/mol. The van der Waals surface area contributed by atoms with Crippen LogP contribution in [-0.2, 0) is 0 Å².